The number of anilines is 1. The fraction of sp³-hybridized carbons (Fsp3) is 0.500. The van der Waals surface area contributed by atoms with Crippen molar-refractivity contribution in [3.05, 3.63) is 32.8 Å². The number of hydrogen-bond donors (Lipinski definition) is 1. The van der Waals surface area contributed by atoms with Crippen LogP contribution in [0.5, 0.6) is 0 Å². The Kier molecular flexibility index (Phi) is 5.41. The van der Waals surface area contributed by atoms with Crippen LogP contribution in [0.2, 0.25) is 0 Å². The Balaban J connectivity index is 2.62. The highest BCUT2D eigenvalue weighted by Gasteiger charge is 2.11. The molecule has 0 heterocycles. The molecule has 5 heteroatoms. The Labute approximate surface area is 110 Å². The number of benzene rings is 1. The maximum absolute atomic E-state index is 10.6. The molecular formula is C12H17BrN2O2. The number of nitro groups is 1. The summed E-state index contributed by atoms with van der Waals surface area (Å²) < 4.78 is 0.510. The van der Waals surface area contributed by atoms with Crippen LogP contribution in [0.15, 0.2) is 22.7 Å². The zero-order chi connectivity index (χ0) is 12.8. The molecule has 0 amide bonds. The molecule has 4 nitrogen and oxygen atoms in total. The van der Waals surface area contributed by atoms with Crippen LogP contribution in [-0.2, 0) is 0 Å². The molecule has 94 valence electrons. The first-order chi connectivity index (χ1) is 8.04. The second-order valence-corrected chi connectivity index (χ2v) is 5.05. The summed E-state index contributed by atoms with van der Waals surface area (Å²) in [6.45, 7) is 5.24. The van der Waals surface area contributed by atoms with Crippen molar-refractivity contribution in [1.82, 2.24) is 0 Å². The van der Waals surface area contributed by atoms with Gasteiger partial charge in [0.25, 0.3) is 5.69 Å². The molecule has 0 aromatic heterocycles. The molecule has 0 saturated heterocycles. The quantitative estimate of drug-likeness (QED) is 0.632. The molecule has 1 unspecified atom stereocenters. The lowest BCUT2D eigenvalue weighted by atomic mass is 10.1. The van der Waals surface area contributed by atoms with Crippen LogP contribution in [0.1, 0.15) is 26.7 Å². The lowest BCUT2D eigenvalue weighted by molar-refractivity contribution is -0.385. The molecular weight excluding hydrogens is 284 g/mol. The second kappa shape index (κ2) is 6.59. The summed E-state index contributed by atoms with van der Waals surface area (Å²) in [6.07, 6.45) is 2.36. The largest absolute Gasteiger partial charge is 0.385 e. The average molecular weight is 301 g/mol. The number of rotatable bonds is 6. The van der Waals surface area contributed by atoms with Crippen molar-refractivity contribution in [2.24, 2.45) is 5.92 Å². The van der Waals surface area contributed by atoms with Gasteiger partial charge in [-0.05, 0) is 40.4 Å². The molecule has 0 radical (unpaired) electrons. The lowest BCUT2D eigenvalue weighted by Gasteiger charge is -2.12. The smallest absolute Gasteiger partial charge is 0.283 e. The van der Waals surface area contributed by atoms with Gasteiger partial charge in [-0.25, -0.2) is 0 Å². The molecule has 17 heavy (non-hydrogen) atoms. The maximum Gasteiger partial charge on any atom is 0.283 e. The highest BCUT2D eigenvalue weighted by molar-refractivity contribution is 9.10. The minimum Gasteiger partial charge on any atom is -0.385 e. The highest BCUT2D eigenvalue weighted by atomic mass is 79.9. The minimum atomic E-state index is -0.395. The van der Waals surface area contributed by atoms with Gasteiger partial charge >= 0.3 is 0 Å². The standard InChI is InChI=1S/C12H17BrN2O2/c1-3-4-9(2)8-14-10-5-6-12(15(16)17)11(13)7-10/h5-7,9,14H,3-4,8H2,1-2H3. The van der Waals surface area contributed by atoms with Crippen molar-refractivity contribution in [2.75, 3.05) is 11.9 Å². The van der Waals surface area contributed by atoms with E-state index in [1.54, 1.807) is 12.1 Å². The Morgan fingerprint density at radius 3 is 2.76 bits per heavy atom. The van der Waals surface area contributed by atoms with E-state index in [0.29, 0.717) is 10.4 Å². The summed E-state index contributed by atoms with van der Waals surface area (Å²) in [5.74, 6) is 0.606. The molecule has 0 bridgehead atoms. The van der Waals surface area contributed by atoms with Gasteiger partial charge in [0.15, 0.2) is 0 Å². The lowest BCUT2D eigenvalue weighted by Crippen LogP contribution is -2.10. The Bertz CT molecular complexity index is 396. The fourth-order valence-electron chi connectivity index (χ4n) is 1.65. The number of hydrogen-bond acceptors (Lipinski definition) is 3. The van der Waals surface area contributed by atoms with Crippen molar-refractivity contribution in [2.45, 2.75) is 26.7 Å². The molecule has 0 aliphatic rings. The zero-order valence-corrected chi connectivity index (χ0v) is 11.7. The van der Waals surface area contributed by atoms with Crippen LogP contribution in [0.4, 0.5) is 11.4 Å². The summed E-state index contributed by atoms with van der Waals surface area (Å²) in [5, 5.41) is 13.9. The first kappa shape index (κ1) is 14.0. The summed E-state index contributed by atoms with van der Waals surface area (Å²) >= 11 is 3.20. The van der Waals surface area contributed by atoms with Gasteiger partial charge in [0.05, 0.1) is 9.40 Å². The van der Waals surface area contributed by atoms with E-state index in [1.165, 1.54) is 18.9 Å². The zero-order valence-electron chi connectivity index (χ0n) is 10.1. The molecule has 0 spiro atoms. The van der Waals surface area contributed by atoms with Crippen LogP contribution in [0.3, 0.4) is 0 Å². The predicted octanol–water partition coefficient (Wildman–Crippen LogP) is 4.21. The maximum atomic E-state index is 10.6. The number of nitrogens with zero attached hydrogens (tertiary/aromatic N) is 1. The molecule has 0 saturated carbocycles. The van der Waals surface area contributed by atoms with E-state index in [0.717, 1.165) is 12.2 Å². The van der Waals surface area contributed by atoms with Crippen LogP contribution in [-0.4, -0.2) is 11.5 Å². The molecule has 0 fully saturated rings. The number of halogens is 1. The van der Waals surface area contributed by atoms with E-state index >= 15 is 0 Å². The topological polar surface area (TPSA) is 55.2 Å². The van der Waals surface area contributed by atoms with Crippen molar-refractivity contribution in [3.8, 4) is 0 Å². The van der Waals surface area contributed by atoms with Gasteiger partial charge in [0.2, 0.25) is 0 Å². The first-order valence-corrected chi connectivity index (χ1v) is 6.51. The van der Waals surface area contributed by atoms with E-state index in [4.69, 9.17) is 0 Å². The van der Waals surface area contributed by atoms with Gasteiger partial charge in [-0.1, -0.05) is 20.3 Å². The normalized spacial score (nSPS) is 12.2. The van der Waals surface area contributed by atoms with Gasteiger partial charge in [0.1, 0.15) is 0 Å². The third kappa shape index (κ3) is 4.34. The predicted molar refractivity (Wildman–Crippen MR) is 73.4 cm³/mol. The van der Waals surface area contributed by atoms with E-state index < -0.39 is 4.92 Å². The van der Waals surface area contributed by atoms with E-state index in [9.17, 15) is 10.1 Å². The molecule has 1 N–H and O–H groups in total. The Hall–Kier alpha value is -1.10. The number of nitro benzene ring substituents is 1. The number of nitrogens with one attached hydrogen (secondary N) is 1. The molecule has 1 aromatic carbocycles. The van der Waals surface area contributed by atoms with Gasteiger partial charge in [-0.15, -0.1) is 0 Å². The van der Waals surface area contributed by atoms with Gasteiger partial charge < -0.3 is 5.32 Å². The summed E-state index contributed by atoms with van der Waals surface area (Å²) in [6, 6.07) is 5.00. The van der Waals surface area contributed by atoms with E-state index in [2.05, 4.69) is 35.1 Å². The van der Waals surface area contributed by atoms with Gasteiger partial charge in [-0.2, -0.15) is 0 Å². The third-order valence-electron chi connectivity index (χ3n) is 2.58. The highest BCUT2D eigenvalue weighted by Crippen LogP contribution is 2.27. The Morgan fingerprint density at radius 1 is 1.53 bits per heavy atom. The molecule has 1 aromatic rings. The van der Waals surface area contributed by atoms with Gasteiger partial charge in [-0.3, -0.25) is 10.1 Å². The van der Waals surface area contributed by atoms with E-state index in [-0.39, 0.29) is 5.69 Å². The summed E-state index contributed by atoms with van der Waals surface area (Å²) in [4.78, 5) is 10.2. The van der Waals surface area contributed by atoms with Gasteiger partial charge in [0, 0.05) is 18.3 Å². The summed E-state index contributed by atoms with van der Waals surface area (Å²) in [7, 11) is 0. The SMILES string of the molecule is CCCC(C)CNc1ccc([N+](=O)[O-])c(Br)c1. The van der Waals surface area contributed by atoms with E-state index in [1.807, 2.05) is 0 Å². The molecule has 0 aliphatic heterocycles. The van der Waals surface area contributed by atoms with Crippen molar-refractivity contribution in [1.29, 1.82) is 0 Å². The molecule has 1 rings (SSSR count). The first-order valence-electron chi connectivity index (χ1n) is 5.72. The van der Waals surface area contributed by atoms with Crippen molar-refractivity contribution in [3.63, 3.8) is 0 Å². The second-order valence-electron chi connectivity index (χ2n) is 4.20. The van der Waals surface area contributed by atoms with Crippen molar-refractivity contribution >= 4 is 27.3 Å². The van der Waals surface area contributed by atoms with Crippen LogP contribution in [0, 0.1) is 16.0 Å². The van der Waals surface area contributed by atoms with Crippen LogP contribution < -0.4 is 5.32 Å². The van der Waals surface area contributed by atoms with Crippen molar-refractivity contribution < 1.29 is 4.92 Å². The third-order valence-corrected chi connectivity index (χ3v) is 3.22. The van der Waals surface area contributed by atoms with Crippen LogP contribution >= 0.6 is 15.9 Å². The minimum absolute atomic E-state index is 0.0946. The Morgan fingerprint density at radius 2 is 2.24 bits per heavy atom. The monoisotopic (exact) mass is 300 g/mol. The molecule has 1 atom stereocenters. The molecule has 0 aliphatic carbocycles. The average Bonchev–Trinajstić information content (AvgIpc) is 2.26. The van der Waals surface area contributed by atoms with Crippen LogP contribution in [0.25, 0.3) is 0 Å². The fourth-order valence-corrected chi connectivity index (χ4v) is 2.18. The summed E-state index contributed by atoms with van der Waals surface area (Å²) in [5.41, 5.74) is 1.00.